The van der Waals surface area contributed by atoms with Crippen LogP contribution >= 0.6 is 15.9 Å². The van der Waals surface area contributed by atoms with Gasteiger partial charge in [0.05, 0.1) is 0 Å². The fourth-order valence-electron chi connectivity index (χ4n) is 1.67. The lowest BCUT2D eigenvalue weighted by Gasteiger charge is -2.19. The van der Waals surface area contributed by atoms with Crippen LogP contribution in [0.4, 0.5) is 5.69 Å². The highest BCUT2D eigenvalue weighted by Gasteiger charge is 2.00. The van der Waals surface area contributed by atoms with Crippen molar-refractivity contribution in [3.8, 4) is 0 Å². The molecule has 0 saturated heterocycles. The Morgan fingerprint density at radius 2 is 1.88 bits per heavy atom. The fourth-order valence-corrected chi connectivity index (χ4v) is 1.94. The summed E-state index contributed by atoms with van der Waals surface area (Å²) in [5.74, 6) is 0.734. The lowest BCUT2D eigenvalue weighted by Crippen LogP contribution is -2.28. The molecule has 1 aromatic carbocycles. The number of halogens is 1. The maximum absolute atomic E-state index is 3.43. The van der Waals surface area contributed by atoms with Crippen molar-refractivity contribution in [2.45, 2.75) is 13.8 Å². The first kappa shape index (κ1) is 13.5. The summed E-state index contributed by atoms with van der Waals surface area (Å²) in [6.45, 7) is 7.72. The van der Waals surface area contributed by atoms with Crippen LogP contribution in [-0.2, 0) is 0 Å². The number of nitrogens with zero attached hydrogens (tertiary/aromatic N) is 1. The zero-order chi connectivity index (χ0) is 12.0. The van der Waals surface area contributed by atoms with E-state index in [0.717, 1.165) is 30.0 Å². The number of nitrogens with one attached hydrogen (secondary N) is 1. The standard InChI is InChI=1S/C13H21BrN2/c1-11(2)10-16(3)9-8-15-13-6-4-12(14)5-7-13/h4-7,11,15H,8-10H2,1-3H3. The number of hydrogen-bond acceptors (Lipinski definition) is 2. The first-order chi connectivity index (χ1) is 7.58. The van der Waals surface area contributed by atoms with Gasteiger partial charge in [0, 0.05) is 29.8 Å². The molecule has 0 radical (unpaired) electrons. The summed E-state index contributed by atoms with van der Waals surface area (Å²) < 4.78 is 1.12. The molecule has 0 spiro atoms. The third-order valence-corrected chi connectivity index (χ3v) is 2.87. The van der Waals surface area contributed by atoms with E-state index >= 15 is 0 Å². The predicted molar refractivity (Wildman–Crippen MR) is 75.0 cm³/mol. The Bertz CT molecular complexity index is 295. The van der Waals surface area contributed by atoms with Gasteiger partial charge in [-0.15, -0.1) is 0 Å². The van der Waals surface area contributed by atoms with Crippen LogP contribution in [0.2, 0.25) is 0 Å². The van der Waals surface area contributed by atoms with Crippen LogP contribution in [0, 0.1) is 5.92 Å². The third kappa shape index (κ3) is 5.52. The summed E-state index contributed by atoms with van der Waals surface area (Å²) in [7, 11) is 2.17. The molecule has 90 valence electrons. The molecule has 1 N–H and O–H groups in total. The van der Waals surface area contributed by atoms with Gasteiger partial charge >= 0.3 is 0 Å². The first-order valence-electron chi connectivity index (χ1n) is 5.76. The SMILES string of the molecule is CC(C)CN(C)CCNc1ccc(Br)cc1. The molecule has 2 nitrogen and oxygen atoms in total. The molecule has 16 heavy (non-hydrogen) atoms. The second-order valence-electron chi connectivity index (χ2n) is 4.59. The number of hydrogen-bond donors (Lipinski definition) is 1. The van der Waals surface area contributed by atoms with Gasteiger partial charge in [0.2, 0.25) is 0 Å². The number of rotatable bonds is 6. The normalized spacial score (nSPS) is 11.1. The first-order valence-corrected chi connectivity index (χ1v) is 6.55. The molecular formula is C13H21BrN2. The van der Waals surface area contributed by atoms with Gasteiger partial charge in [-0.1, -0.05) is 29.8 Å². The van der Waals surface area contributed by atoms with Gasteiger partial charge in [-0.05, 0) is 37.2 Å². The highest BCUT2D eigenvalue weighted by molar-refractivity contribution is 9.10. The van der Waals surface area contributed by atoms with E-state index in [0.29, 0.717) is 0 Å². The molecule has 0 fully saturated rings. The molecule has 0 amide bonds. The minimum absolute atomic E-state index is 0.734. The number of anilines is 1. The Labute approximate surface area is 107 Å². The number of likely N-dealkylation sites (N-methyl/N-ethyl adjacent to an activating group) is 1. The van der Waals surface area contributed by atoms with E-state index in [-0.39, 0.29) is 0 Å². The smallest absolute Gasteiger partial charge is 0.0341 e. The van der Waals surface area contributed by atoms with Crippen LogP contribution in [0.15, 0.2) is 28.7 Å². The van der Waals surface area contributed by atoms with Crippen LogP contribution in [0.25, 0.3) is 0 Å². The maximum atomic E-state index is 3.43. The Morgan fingerprint density at radius 1 is 1.25 bits per heavy atom. The van der Waals surface area contributed by atoms with Crippen LogP contribution in [0.5, 0.6) is 0 Å². The molecule has 1 rings (SSSR count). The van der Waals surface area contributed by atoms with Gasteiger partial charge in [-0.2, -0.15) is 0 Å². The van der Waals surface area contributed by atoms with Crippen LogP contribution < -0.4 is 5.32 Å². The monoisotopic (exact) mass is 284 g/mol. The van der Waals surface area contributed by atoms with E-state index < -0.39 is 0 Å². The zero-order valence-electron chi connectivity index (χ0n) is 10.3. The van der Waals surface area contributed by atoms with E-state index in [1.807, 2.05) is 0 Å². The molecule has 0 unspecified atom stereocenters. The zero-order valence-corrected chi connectivity index (χ0v) is 11.9. The van der Waals surface area contributed by atoms with Crippen molar-refractivity contribution in [3.05, 3.63) is 28.7 Å². The summed E-state index contributed by atoms with van der Waals surface area (Å²) in [5, 5.41) is 3.41. The summed E-state index contributed by atoms with van der Waals surface area (Å²) >= 11 is 3.43. The Hall–Kier alpha value is -0.540. The van der Waals surface area contributed by atoms with Crippen molar-refractivity contribution < 1.29 is 0 Å². The van der Waals surface area contributed by atoms with Crippen molar-refractivity contribution in [3.63, 3.8) is 0 Å². The van der Waals surface area contributed by atoms with Gasteiger partial charge < -0.3 is 10.2 Å². The second-order valence-corrected chi connectivity index (χ2v) is 5.51. The summed E-state index contributed by atoms with van der Waals surface area (Å²) in [6.07, 6.45) is 0. The van der Waals surface area contributed by atoms with Crippen molar-refractivity contribution in [2.75, 3.05) is 32.0 Å². The van der Waals surface area contributed by atoms with Gasteiger partial charge in [0.1, 0.15) is 0 Å². The third-order valence-electron chi connectivity index (χ3n) is 2.34. The lowest BCUT2D eigenvalue weighted by molar-refractivity contribution is 0.306. The van der Waals surface area contributed by atoms with Crippen LogP contribution in [0.1, 0.15) is 13.8 Å². The highest BCUT2D eigenvalue weighted by Crippen LogP contribution is 2.13. The van der Waals surface area contributed by atoms with Gasteiger partial charge in [0.15, 0.2) is 0 Å². The summed E-state index contributed by atoms with van der Waals surface area (Å²) in [5.41, 5.74) is 1.18. The average Bonchev–Trinajstić information content (AvgIpc) is 2.20. The molecule has 0 aliphatic carbocycles. The summed E-state index contributed by atoms with van der Waals surface area (Å²) in [4.78, 5) is 2.36. The molecular weight excluding hydrogens is 264 g/mol. The number of benzene rings is 1. The Morgan fingerprint density at radius 3 is 2.44 bits per heavy atom. The molecule has 3 heteroatoms. The Kier molecular flexibility index (Phi) is 5.85. The minimum Gasteiger partial charge on any atom is -0.384 e. The van der Waals surface area contributed by atoms with E-state index in [1.54, 1.807) is 0 Å². The van der Waals surface area contributed by atoms with E-state index in [1.165, 1.54) is 5.69 Å². The molecule has 1 aromatic rings. The van der Waals surface area contributed by atoms with Crippen molar-refractivity contribution in [1.82, 2.24) is 4.90 Å². The highest BCUT2D eigenvalue weighted by atomic mass is 79.9. The largest absolute Gasteiger partial charge is 0.384 e. The average molecular weight is 285 g/mol. The second kappa shape index (κ2) is 6.92. The van der Waals surface area contributed by atoms with Gasteiger partial charge in [0.25, 0.3) is 0 Å². The summed E-state index contributed by atoms with van der Waals surface area (Å²) in [6, 6.07) is 8.29. The van der Waals surface area contributed by atoms with E-state index in [9.17, 15) is 0 Å². The fraction of sp³-hybridized carbons (Fsp3) is 0.538. The molecule has 0 heterocycles. The van der Waals surface area contributed by atoms with Gasteiger partial charge in [-0.3, -0.25) is 0 Å². The quantitative estimate of drug-likeness (QED) is 0.861. The molecule has 0 aliphatic heterocycles. The van der Waals surface area contributed by atoms with Crippen molar-refractivity contribution >= 4 is 21.6 Å². The van der Waals surface area contributed by atoms with E-state index in [4.69, 9.17) is 0 Å². The van der Waals surface area contributed by atoms with Gasteiger partial charge in [-0.25, -0.2) is 0 Å². The molecule has 0 bridgehead atoms. The van der Waals surface area contributed by atoms with E-state index in [2.05, 4.69) is 71.3 Å². The molecule has 0 saturated carbocycles. The molecule has 0 aromatic heterocycles. The minimum atomic E-state index is 0.734. The predicted octanol–water partition coefficient (Wildman–Crippen LogP) is 3.45. The Balaban J connectivity index is 2.22. The maximum Gasteiger partial charge on any atom is 0.0341 e. The van der Waals surface area contributed by atoms with Crippen LogP contribution in [-0.4, -0.2) is 31.6 Å². The van der Waals surface area contributed by atoms with Crippen LogP contribution in [0.3, 0.4) is 0 Å². The van der Waals surface area contributed by atoms with Crippen molar-refractivity contribution in [1.29, 1.82) is 0 Å². The molecule has 0 atom stereocenters. The molecule has 0 aliphatic rings. The topological polar surface area (TPSA) is 15.3 Å². The lowest BCUT2D eigenvalue weighted by atomic mass is 10.2. The van der Waals surface area contributed by atoms with Crippen molar-refractivity contribution in [2.24, 2.45) is 5.92 Å².